The van der Waals surface area contributed by atoms with E-state index in [4.69, 9.17) is 10.2 Å². The van der Waals surface area contributed by atoms with Crippen molar-refractivity contribution < 1.29 is 24.2 Å². The standard InChI is InChI=1S/C16H33F.C10H18O4/c1-2-3-4-5-6-7-8-9-10-11-12-13-14-15-16-17;11-9(12)7-5-3-1-2-4-6-8-10(13)14/h2-16H2,1H3;1-8H2,(H,11,12)(H,13,14). The Morgan fingerprint density at radius 2 is 0.742 bits per heavy atom. The molecule has 0 aliphatic heterocycles. The lowest BCUT2D eigenvalue weighted by atomic mass is 10.0. The first-order valence-corrected chi connectivity index (χ1v) is 13.0. The normalized spacial score (nSPS) is 10.5. The number of carboxylic acids is 2. The van der Waals surface area contributed by atoms with Crippen LogP contribution in [0, 0.1) is 0 Å². The summed E-state index contributed by atoms with van der Waals surface area (Å²) in [7, 11) is 0. The van der Waals surface area contributed by atoms with Crippen LogP contribution in [0.25, 0.3) is 0 Å². The molecule has 0 aliphatic rings. The van der Waals surface area contributed by atoms with Gasteiger partial charge in [-0.25, -0.2) is 0 Å². The van der Waals surface area contributed by atoms with Crippen molar-refractivity contribution in [3.05, 3.63) is 0 Å². The second kappa shape index (κ2) is 28.9. The Balaban J connectivity index is 0. The van der Waals surface area contributed by atoms with Gasteiger partial charge >= 0.3 is 11.9 Å². The summed E-state index contributed by atoms with van der Waals surface area (Å²) in [4.78, 5) is 20.3. The Hall–Kier alpha value is -1.13. The van der Waals surface area contributed by atoms with E-state index in [1.807, 2.05) is 0 Å². The lowest BCUT2D eigenvalue weighted by Gasteiger charge is -2.02. The Morgan fingerprint density at radius 3 is 1.00 bits per heavy atom. The highest BCUT2D eigenvalue weighted by Gasteiger charge is 1.98. The molecule has 5 heteroatoms. The third-order valence-corrected chi connectivity index (χ3v) is 5.52. The van der Waals surface area contributed by atoms with E-state index in [1.165, 1.54) is 77.0 Å². The maximum atomic E-state index is 11.8. The largest absolute Gasteiger partial charge is 0.481 e. The maximum absolute atomic E-state index is 11.8. The highest BCUT2D eigenvalue weighted by molar-refractivity contribution is 5.66. The summed E-state index contributed by atoms with van der Waals surface area (Å²) >= 11 is 0. The van der Waals surface area contributed by atoms with Crippen LogP contribution in [0.4, 0.5) is 4.39 Å². The molecule has 0 unspecified atom stereocenters. The van der Waals surface area contributed by atoms with Gasteiger partial charge in [0.05, 0.1) is 6.67 Å². The molecular weight excluding hydrogens is 395 g/mol. The van der Waals surface area contributed by atoms with Crippen molar-refractivity contribution in [2.75, 3.05) is 6.67 Å². The summed E-state index contributed by atoms with van der Waals surface area (Å²) < 4.78 is 11.8. The third-order valence-electron chi connectivity index (χ3n) is 5.52. The number of hydrogen-bond acceptors (Lipinski definition) is 2. The van der Waals surface area contributed by atoms with E-state index in [2.05, 4.69) is 6.92 Å². The van der Waals surface area contributed by atoms with Gasteiger partial charge in [0.15, 0.2) is 0 Å². The summed E-state index contributed by atoms with van der Waals surface area (Å²) in [6.45, 7) is 2.14. The molecule has 31 heavy (non-hydrogen) atoms. The van der Waals surface area contributed by atoms with Gasteiger partial charge in [0, 0.05) is 12.8 Å². The fourth-order valence-corrected chi connectivity index (χ4v) is 3.55. The van der Waals surface area contributed by atoms with E-state index in [0.717, 1.165) is 51.4 Å². The molecule has 0 saturated carbocycles. The average molecular weight is 447 g/mol. The second-order valence-electron chi connectivity index (χ2n) is 8.69. The molecule has 0 saturated heterocycles. The predicted molar refractivity (Wildman–Crippen MR) is 128 cm³/mol. The predicted octanol–water partition coefficient (Wildman–Crippen LogP) is 8.71. The number of alkyl halides is 1. The molecular formula is C26H51FO4. The minimum absolute atomic E-state index is 0.127. The minimum Gasteiger partial charge on any atom is -0.481 e. The lowest BCUT2D eigenvalue weighted by molar-refractivity contribution is -0.138. The molecule has 0 radical (unpaired) electrons. The molecule has 0 atom stereocenters. The van der Waals surface area contributed by atoms with Gasteiger partial charge < -0.3 is 10.2 Å². The summed E-state index contributed by atoms with van der Waals surface area (Å²) in [6.07, 6.45) is 24.4. The van der Waals surface area contributed by atoms with E-state index in [1.54, 1.807) is 0 Å². The summed E-state index contributed by atoms with van der Waals surface area (Å²) in [5, 5.41) is 16.7. The van der Waals surface area contributed by atoms with Gasteiger partial charge in [0.1, 0.15) is 0 Å². The summed E-state index contributed by atoms with van der Waals surface area (Å²) in [5.41, 5.74) is 0. The van der Waals surface area contributed by atoms with Gasteiger partial charge in [-0.05, 0) is 19.3 Å². The van der Waals surface area contributed by atoms with E-state index in [9.17, 15) is 14.0 Å². The van der Waals surface area contributed by atoms with E-state index in [-0.39, 0.29) is 19.5 Å². The number of carbonyl (C=O) groups is 2. The molecule has 0 aliphatic carbocycles. The van der Waals surface area contributed by atoms with Crippen molar-refractivity contribution in [3.63, 3.8) is 0 Å². The lowest BCUT2D eigenvalue weighted by Crippen LogP contribution is -1.94. The topological polar surface area (TPSA) is 74.6 Å². The molecule has 0 aromatic rings. The van der Waals surface area contributed by atoms with Crippen LogP contribution in [-0.2, 0) is 9.59 Å². The quantitative estimate of drug-likeness (QED) is 0.154. The van der Waals surface area contributed by atoms with E-state index >= 15 is 0 Å². The van der Waals surface area contributed by atoms with Crippen LogP contribution in [0.2, 0.25) is 0 Å². The fraction of sp³-hybridized carbons (Fsp3) is 0.923. The van der Waals surface area contributed by atoms with E-state index in [0.29, 0.717) is 0 Å². The van der Waals surface area contributed by atoms with Crippen molar-refractivity contribution in [1.82, 2.24) is 0 Å². The van der Waals surface area contributed by atoms with Crippen LogP contribution in [0.3, 0.4) is 0 Å². The number of unbranched alkanes of at least 4 members (excludes halogenated alkanes) is 18. The van der Waals surface area contributed by atoms with Crippen LogP contribution >= 0.6 is 0 Å². The summed E-state index contributed by atoms with van der Waals surface area (Å²) in [5.74, 6) is -1.48. The van der Waals surface area contributed by atoms with Gasteiger partial charge in [0.25, 0.3) is 0 Å². The highest BCUT2D eigenvalue weighted by atomic mass is 19.1. The molecule has 0 aromatic carbocycles. The van der Waals surface area contributed by atoms with Gasteiger partial charge in [-0.1, -0.05) is 116 Å². The van der Waals surface area contributed by atoms with Crippen molar-refractivity contribution >= 4 is 11.9 Å². The Morgan fingerprint density at radius 1 is 0.484 bits per heavy atom. The average Bonchev–Trinajstić information content (AvgIpc) is 2.73. The first-order chi connectivity index (χ1) is 15.0. The van der Waals surface area contributed by atoms with Crippen LogP contribution in [0.15, 0.2) is 0 Å². The monoisotopic (exact) mass is 446 g/mol. The molecule has 0 spiro atoms. The highest BCUT2D eigenvalue weighted by Crippen LogP contribution is 2.13. The third kappa shape index (κ3) is 36.6. The molecule has 0 aromatic heterocycles. The molecule has 186 valence electrons. The molecule has 2 N–H and O–H groups in total. The van der Waals surface area contributed by atoms with Crippen LogP contribution in [0.5, 0.6) is 0 Å². The zero-order valence-corrected chi connectivity index (χ0v) is 20.4. The van der Waals surface area contributed by atoms with Gasteiger partial charge in [-0.15, -0.1) is 0 Å². The second-order valence-corrected chi connectivity index (χ2v) is 8.69. The van der Waals surface area contributed by atoms with Crippen molar-refractivity contribution in [2.24, 2.45) is 0 Å². The fourth-order valence-electron chi connectivity index (χ4n) is 3.55. The van der Waals surface area contributed by atoms with Gasteiger partial charge in [0.2, 0.25) is 0 Å². The maximum Gasteiger partial charge on any atom is 0.303 e. The van der Waals surface area contributed by atoms with Gasteiger partial charge in [-0.3, -0.25) is 14.0 Å². The smallest absolute Gasteiger partial charge is 0.303 e. The van der Waals surface area contributed by atoms with Gasteiger partial charge in [-0.2, -0.15) is 0 Å². The summed E-state index contributed by atoms with van der Waals surface area (Å²) in [6, 6.07) is 0. The number of hydrogen-bond donors (Lipinski definition) is 2. The number of rotatable bonds is 23. The zero-order valence-electron chi connectivity index (χ0n) is 20.4. The van der Waals surface area contributed by atoms with Crippen LogP contribution in [0.1, 0.15) is 148 Å². The Bertz CT molecular complexity index is 340. The number of aliphatic carboxylic acids is 2. The van der Waals surface area contributed by atoms with E-state index < -0.39 is 11.9 Å². The van der Waals surface area contributed by atoms with Crippen molar-refractivity contribution in [3.8, 4) is 0 Å². The molecule has 0 rings (SSSR count). The number of carboxylic acid groups (broad SMARTS) is 2. The molecule has 0 fully saturated rings. The van der Waals surface area contributed by atoms with Crippen molar-refractivity contribution in [2.45, 2.75) is 148 Å². The minimum atomic E-state index is -0.740. The Kier molecular flexibility index (Phi) is 29.8. The Labute approximate surface area is 191 Å². The molecule has 0 amide bonds. The first kappa shape index (κ1) is 32.1. The zero-order chi connectivity index (χ0) is 23.4. The molecule has 0 heterocycles. The molecule has 4 nitrogen and oxygen atoms in total. The van der Waals surface area contributed by atoms with Crippen LogP contribution < -0.4 is 0 Å². The number of halogens is 1. The van der Waals surface area contributed by atoms with Crippen molar-refractivity contribution in [1.29, 1.82) is 0 Å². The van der Waals surface area contributed by atoms with Crippen LogP contribution in [-0.4, -0.2) is 28.8 Å². The molecule has 0 bridgehead atoms. The SMILES string of the molecule is CCCCCCCCCCCCCCCCF.O=C(O)CCCCCCCCC(=O)O. The first-order valence-electron chi connectivity index (χ1n) is 13.0.